The summed E-state index contributed by atoms with van der Waals surface area (Å²) in [6, 6.07) is 0. The summed E-state index contributed by atoms with van der Waals surface area (Å²) >= 11 is 16.4. The summed E-state index contributed by atoms with van der Waals surface area (Å²) in [6.07, 6.45) is -1.38. The van der Waals surface area contributed by atoms with Crippen molar-refractivity contribution >= 4 is 40.7 Å². The van der Waals surface area contributed by atoms with Gasteiger partial charge in [-0.15, -0.1) is 0 Å². The van der Waals surface area contributed by atoms with E-state index < -0.39 is 16.1 Å². The number of carbonyl (C=O) groups excluding carboxylic acids is 1. The molecule has 1 amide bonds. The van der Waals surface area contributed by atoms with Crippen molar-refractivity contribution in [2.24, 2.45) is 0 Å². The van der Waals surface area contributed by atoms with Crippen LogP contribution in [0.25, 0.3) is 0 Å². The molecule has 1 rings (SSSR count). The van der Waals surface area contributed by atoms with E-state index >= 15 is 0 Å². The average molecular weight is 218 g/mol. The Morgan fingerprint density at radius 3 is 2.27 bits per heavy atom. The Morgan fingerprint density at radius 1 is 1.55 bits per heavy atom. The van der Waals surface area contributed by atoms with Gasteiger partial charge in [-0.3, -0.25) is 4.79 Å². The third-order valence-corrected chi connectivity index (χ3v) is 1.87. The first-order valence-electron chi connectivity index (χ1n) is 2.94. The molecule has 1 heterocycles. The van der Waals surface area contributed by atoms with E-state index in [1.54, 1.807) is 6.92 Å². The van der Waals surface area contributed by atoms with Crippen molar-refractivity contribution in [3.8, 4) is 0 Å². The first-order chi connectivity index (χ1) is 4.91. The Labute approximate surface area is 78.9 Å². The number of amides is 1. The molecule has 6 heteroatoms. The van der Waals surface area contributed by atoms with Gasteiger partial charge in [-0.25, -0.2) is 0 Å². The summed E-state index contributed by atoms with van der Waals surface area (Å²) in [4.78, 5) is 10.8. The zero-order valence-corrected chi connectivity index (χ0v) is 7.87. The lowest BCUT2D eigenvalue weighted by molar-refractivity contribution is -0.122. The van der Waals surface area contributed by atoms with Crippen molar-refractivity contribution in [3.05, 3.63) is 0 Å². The van der Waals surface area contributed by atoms with Crippen molar-refractivity contribution in [2.45, 2.75) is 23.0 Å². The fourth-order valence-corrected chi connectivity index (χ4v) is 1.02. The van der Waals surface area contributed by atoms with Crippen molar-refractivity contribution in [2.75, 3.05) is 0 Å². The van der Waals surface area contributed by atoms with Gasteiger partial charge in [0, 0.05) is 0 Å². The van der Waals surface area contributed by atoms with Crippen molar-refractivity contribution in [1.29, 1.82) is 0 Å². The highest BCUT2D eigenvalue weighted by Gasteiger charge is 2.42. The van der Waals surface area contributed by atoms with Crippen LogP contribution in [0.2, 0.25) is 0 Å². The van der Waals surface area contributed by atoms with Crippen LogP contribution in [0, 0.1) is 0 Å². The van der Waals surface area contributed by atoms with E-state index in [0.717, 1.165) is 0 Å². The van der Waals surface area contributed by atoms with Gasteiger partial charge in [0.25, 0.3) is 5.91 Å². The van der Waals surface area contributed by atoms with E-state index in [2.05, 4.69) is 5.32 Å². The Bertz CT molecular complexity index is 179. The standard InChI is InChI=1S/C5H6Cl3NO2/c1-2-3(10)9-4(11-2)5(6,7)8/h2,4H,1H3,(H,9,10)/t2-,4+/m1/s1. The van der Waals surface area contributed by atoms with E-state index in [-0.39, 0.29) is 5.91 Å². The van der Waals surface area contributed by atoms with Crippen LogP contribution in [0.4, 0.5) is 0 Å². The van der Waals surface area contributed by atoms with Crippen molar-refractivity contribution in [1.82, 2.24) is 5.32 Å². The number of hydrogen-bond acceptors (Lipinski definition) is 2. The molecule has 0 bridgehead atoms. The summed E-state index contributed by atoms with van der Waals surface area (Å²) in [5.74, 6) is -0.263. The zero-order chi connectivity index (χ0) is 8.65. The third kappa shape index (κ3) is 2.12. The lowest BCUT2D eigenvalue weighted by atomic mass is 10.4. The maximum atomic E-state index is 10.8. The summed E-state index contributed by atoms with van der Waals surface area (Å²) in [7, 11) is 0. The largest absolute Gasteiger partial charge is 0.341 e. The monoisotopic (exact) mass is 217 g/mol. The lowest BCUT2D eigenvalue weighted by Gasteiger charge is -2.17. The van der Waals surface area contributed by atoms with Crippen LogP contribution >= 0.6 is 34.8 Å². The van der Waals surface area contributed by atoms with Gasteiger partial charge in [-0.2, -0.15) is 0 Å². The van der Waals surface area contributed by atoms with Crippen LogP contribution in [0.15, 0.2) is 0 Å². The molecule has 1 N–H and O–H groups in total. The van der Waals surface area contributed by atoms with Gasteiger partial charge < -0.3 is 10.1 Å². The molecule has 0 spiro atoms. The molecule has 0 aromatic carbocycles. The molecule has 1 aliphatic heterocycles. The molecule has 0 aliphatic carbocycles. The van der Waals surface area contributed by atoms with Gasteiger partial charge in [-0.1, -0.05) is 34.8 Å². The maximum Gasteiger partial charge on any atom is 0.251 e. The van der Waals surface area contributed by atoms with Gasteiger partial charge in [0.2, 0.25) is 3.79 Å². The lowest BCUT2D eigenvalue weighted by Crippen LogP contribution is -2.37. The van der Waals surface area contributed by atoms with Crippen LogP contribution < -0.4 is 5.32 Å². The summed E-state index contributed by atoms with van der Waals surface area (Å²) < 4.78 is 3.38. The first kappa shape index (κ1) is 9.39. The summed E-state index contributed by atoms with van der Waals surface area (Å²) in [5, 5.41) is 2.39. The first-order valence-corrected chi connectivity index (χ1v) is 4.07. The molecule has 0 saturated carbocycles. The van der Waals surface area contributed by atoms with Gasteiger partial charge in [0.15, 0.2) is 6.23 Å². The number of rotatable bonds is 0. The number of carbonyl (C=O) groups is 1. The van der Waals surface area contributed by atoms with Crippen LogP contribution in [0.1, 0.15) is 6.92 Å². The fraction of sp³-hybridized carbons (Fsp3) is 0.800. The van der Waals surface area contributed by atoms with Gasteiger partial charge in [-0.05, 0) is 6.92 Å². The minimum Gasteiger partial charge on any atom is -0.341 e. The predicted molar refractivity (Wildman–Crippen MR) is 42.8 cm³/mol. The second-order valence-corrected chi connectivity index (χ2v) is 4.58. The van der Waals surface area contributed by atoms with E-state index in [9.17, 15) is 4.79 Å². The number of halogens is 3. The van der Waals surface area contributed by atoms with Crippen LogP contribution in [0.5, 0.6) is 0 Å². The molecule has 11 heavy (non-hydrogen) atoms. The highest BCUT2D eigenvalue weighted by Crippen LogP contribution is 2.33. The second-order valence-electron chi connectivity index (χ2n) is 2.21. The molecule has 1 saturated heterocycles. The molecule has 2 atom stereocenters. The Balaban J connectivity index is 2.61. The molecule has 0 radical (unpaired) electrons. The number of alkyl halides is 3. The SMILES string of the molecule is C[C@H]1O[C@@H](C(Cl)(Cl)Cl)NC1=O. The van der Waals surface area contributed by atoms with Gasteiger partial charge in [0.1, 0.15) is 6.10 Å². The van der Waals surface area contributed by atoms with Gasteiger partial charge in [0.05, 0.1) is 0 Å². The molecule has 3 nitrogen and oxygen atoms in total. The molecule has 0 aromatic rings. The van der Waals surface area contributed by atoms with Crippen molar-refractivity contribution < 1.29 is 9.53 Å². The maximum absolute atomic E-state index is 10.8. The Hall–Kier alpha value is 0.300. The summed E-state index contributed by atoms with van der Waals surface area (Å²) in [5.41, 5.74) is 0. The highest BCUT2D eigenvalue weighted by atomic mass is 35.6. The Kier molecular flexibility index (Phi) is 2.54. The van der Waals surface area contributed by atoms with E-state index in [0.29, 0.717) is 0 Å². The summed E-state index contributed by atoms with van der Waals surface area (Å²) in [6.45, 7) is 1.59. The number of hydrogen-bond donors (Lipinski definition) is 1. The van der Waals surface area contributed by atoms with Gasteiger partial charge >= 0.3 is 0 Å². The topological polar surface area (TPSA) is 38.3 Å². The minimum atomic E-state index is -1.60. The number of ether oxygens (including phenoxy) is 1. The quantitative estimate of drug-likeness (QED) is 0.621. The molecular weight excluding hydrogens is 212 g/mol. The molecule has 1 fully saturated rings. The van der Waals surface area contributed by atoms with E-state index in [1.165, 1.54) is 0 Å². The number of nitrogens with one attached hydrogen (secondary N) is 1. The molecule has 0 aromatic heterocycles. The smallest absolute Gasteiger partial charge is 0.251 e. The molecule has 1 aliphatic rings. The Morgan fingerprint density at radius 2 is 2.09 bits per heavy atom. The second kappa shape index (κ2) is 2.98. The minimum absolute atomic E-state index is 0.263. The molecular formula is C5H6Cl3NO2. The molecule has 64 valence electrons. The van der Waals surface area contributed by atoms with Crippen molar-refractivity contribution in [3.63, 3.8) is 0 Å². The van der Waals surface area contributed by atoms with E-state index in [1.807, 2.05) is 0 Å². The van der Waals surface area contributed by atoms with Crippen LogP contribution in [0.3, 0.4) is 0 Å². The van der Waals surface area contributed by atoms with Crippen LogP contribution in [-0.4, -0.2) is 22.0 Å². The average Bonchev–Trinajstić information content (AvgIpc) is 2.11. The van der Waals surface area contributed by atoms with Crippen LogP contribution in [-0.2, 0) is 9.53 Å². The third-order valence-electron chi connectivity index (χ3n) is 1.28. The normalized spacial score (nSPS) is 32.2. The van der Waals surface area contributed by atoms with E-state index in [4.69, 9.17) is 39.5 Å². The fourth-order valence-electron chi connectivity index (χ4n) is 0.705. The highest BCUT2D eigenvalue weighted by molar-refractivity contribution is 6.68. The predicted octanol–water partition coefficient (Wildman–Crippen LogP) is 1.22. The zero-order valence-electron chi connectivity index (χ0n) is 5.61. The molecule has 0 unspecified atom stereocenters.